The minimum atomic E-state index is -0.329. The van der Waals surface area contributed by atoms with Gasteiger partial charge in [0.1, 0.15) is 0 Å². The molecule has 0 aliphatic heterocycles. The molecule has 3 aliphatic rings. The average molecular weight is 535 g/mol. The molecule has 0 bridgehead atoms. The molecule has 0 aromatic heterocycles. The van der Waals surface area contributed by atoms with Gasteiger partial charge in [-0.25, -0.2) is 0 Å². The van der Waals surface area contributed by atoms with Crippen molar-refractivity contribution in [2.45, 2.75) is 144 Å². The smallest absolute Gasteiger partial charge is 0.0787 e. The minimum absolute atomic E-state index is 0.283. The second-order valence-corrected chi connectivity index (χ2v) is 13.5. The first-order valence-corrected chi connectivity index (χ1v) is 16.4. The van der Waals surface area contributed by atoms with Gasteiger partial charge in [0.25, 0.3) is 0 Å². The van der Waals surface area contributed by atoms with Crippen LogP contribution in [0, 0.1) is 23.2 Å². The molecule has 3 fully saturated rings. The van der Waals surface area contributed by atoms with Crippen molar-refractivity contribution in [1.29, 1.82) is 0 Å². The third-order valence-corrected chi connectivity index (χ3v) is 10.1. The van der Waals surface area contributed by atoms with E-state index < -0.39 is 0 Å². The van der Waals surface area contributed by atoms with Gasteiger partial charge in [-0.3, -0.25) is 0 Å². The van der Waals surface area contributed by atoms with Crippen LogP contribution < -0.4 is 0 Å². The summed E-state index contributed by atoms with van der Waals surface area (Å²) in [7, 11) is 0. The lowest BCUT2D eigenvalue weighted by Gasteiger charge is -2.44. The zero-order valence-electron chi connectivity index (χ0n) is 27.2. The van der Waals surface area contributed by atoms with Crippen LogP contribution in [0.3, 0.4) is 0 Å². The molecule has 3 saturated carbocycles. The Hall–Kier alpha value is -1.60. The van der Waals surface area contributed by atoms with Crippen molar-refractivity contribution in [3.8, 4) is 0 Å². The van der Waals surface area contributed by atoms with E-state index in [1.807, 2.05) is 13.8 Å². The molecule has 3 aliphatic carbocycles. The Morgan fingerprint density at radius 3 is 2.38 bits per heavy atom. The Balaban J connectivity index is 0.000000320. The molecule has 1 heteroatoms. The van der Waals surface area contributed by atoms with Crippen molar-refractivity contribution >= 4 is 0 Å². The number of aryl methyl sites for hydroxylation is 1. The molecule has 0 spiro atoms. The van der Waals surface area contributed by atoms with Gasteiger partial charge >= 0.3 is 0 Å². The summed E-state index contributed by atoms with van der Waals surface area (Å²) in [6, 6.07) is 8.85. The van der Waals surface area contributed by atoms with Crippen molar-refractivity contribution in [2.24, 2.45) is 23.2 Å². The number of fused-ring (bicyclic) bond motifs is 1. The van der Waals surface area contributed by atoms with E-state index in [-0.39, 0.29) is 11.5 Å². The predicted molar refractivity (Wildman–Crippen MR) is 173 cm³/mol. The fourth-order valence-corrected chi connectivity index (χ4v) is 7.36. The van der Waals surface area contributed by atoms with E-state index in [4.69, 9.17) is 0 Å². The molecule has 4 rings (SSSR count). The maximum Gasteiger partial charge on any atom is 0.0787 e. The summed E-state index contributed by atoms with van der Waals surface area (Å²) in [5, 5.41) is 10.2. The summed E-state index contributed by atoms with van der Waals surface area (Å²) in [4.78, 5) is 0. The quantitative estimate of drug-likeness (QED) is 0.381. The molecule has 0 amide bonds. The number of benzene rings is 1. The lowest BCUT2D eigenvalue weighted by molar-refractivity contribution is 0.0961. The van der Waals surface area contributed by atoms with E-state index in [0.29, 0.717) is 5.41 Å². The molecule has 5 unspecified atom stereocenters. The topological polar surface area (TPSA) is 20.2 Å². The van der Waals surface area contributed by atoms with E-state index in [2.05, 4.69) is 91.5 Å². The van der Waals surface area contributed by atoms with E-state index in [0.717, 1.165) is 49.0 Å². The Bertz CT molecular complexity index is 957. The van der Waals surface area contributed by atoms with Gasteiger partial charge in [-0.05, 0) is 109 Å². The zero-order chi connectivity index (χ0) is 29.2. The average Bonchev–Trinajstić information content (AvgIpc) is 3.21. The van der Waals surface area contributed by atoms with Gasteiger partial charge in [0.15, 0.2) is 0 Å². The maximum atomic E-state index is 10.2. The molecule has 39 heavy (non-hydrogen) atoms. The molecule has 1 aromatic rings. The second-order valence-electron chi connectivity index (χ2n) is 13.5. The van der Waals surface area contributed by atoms with E-state index in [1.165, 1.54) is 61.6 Å². The van der Waals surface area contributed by atoms with Crippen LogP contribution in [-0.2, 0) is 11.8 Å². The van der Waals surface area contributed by atoms with Gasteiger partial charge in [0, 0.05) is 0 Å². The van der Waals surface area contributed by atoms with Gasteiger partial charge in [0.2, 0.25) is 0 Å². The van der Waals surface area contributed by atoms with Crippen LogP contribution in [0.1, 0.15) is 138 Å². The normalized spacial score (nSPS) is 30.0. The Morgan fingerprint density at radius 1 is 1.03 bits per heavy atom. The lowest BCUT2D eigenvalue weighted by Crippen LogP contribution is -2.35. The fourth-order valence-electron chi connectivity index (χ4n) is 7.36. The van der Waals surface area contributed by atoms with Gasteiger partial charge < -0.3 is 5.11 Å². The molecule has 220 valence electrons. The fraction of sp³-hybridized carbons (Fsp3) is 0.684. The second kappa shape index (κ2) is 15.4. The zero-order valence-corrected chi connectivity index (χ0v) is 27.2. The molecule has 0 saturated heterocycles. The van der Waals surface area contributed by atoms with Crippen molar-refractivity contribution < 1.29 is 5.11 Å². The van der Waals surface area contributed by atoms with Crippen LogP contribution >= 0.6 is 0 Å². The van der Waals surface area contributed by atoms with Gasteiger partial charge in [-0.15, -0.1) is 0 Å². The lowest BCUT2D eigenvalue weighted by atomic mass is 9.61. The summed E-state index contributed by atoms with van der Waals surface area (Å²) in [5.74, 6) is 2.53. The highest BCUT2D eigenvalue weighted by molar-refractivity contribution is 5.37. The van der Waals surface area contributed by atoms with Crippen LogP contribution in [0.25, 0.3) is 0 Å². The van der Waals surface area contributed by atoms with Crippen LogP contribution in [0.2, 0.25) is 0 Å². The molecule has 0 heterocycles. The van der Waals surface area contributed by atoms with Crippen LogP contribution in [0.15, 0.2) is 59.7 Å². The summed E-state index contributed by atoms with van der Waals surface area (Å²) >= 11 is 0. The molecular formula is C38H62O. The molecule has 1 N–H and O–H groups in total. The highest BCUT2D eigenvalue weighted by Crippen LogP contribution is 2.59. The van der Waals surface area contributed by atoms with Crippen molar-refractivity contribution in [2.75, 3.05) is 0 Å². The highest BCUT2D eigenvalue weighted by Gasteiger charge is 2.50. The van der Waals surface area contributed by atoms with Crippen molar-refractivity contribution in [3.05, 3.63) is 70.8 Å². The molecule has 0 radical (unpaired) electrons. The highest BCUT2D eigenvalue weighted by atomic mass is 16.3. The molecule has 1 aromatic carbocycles. The summed E-state index contributed by atoms with van der Waals surface area (Å²) in [5.41, 5.74) is 7.60. The first kappa shape index (κ1) is 33.6. The Morgan fingerprint density at radius 2 is 1.74 bits per heavy atom. The number of hydrogen-bond acceptors (Lipinski definition) is 1. The monoisotopic (exact) mass is 534 g/mol. The Kier molecular flexibility index (Phi) is 13.3. The first-order chi connectivity index (χ1) is 18.5. The molecule has 5 atom stereocenters. The van der Waals surface area contributed by atoms with Gasteiger partial charge in [-0.2, -0.15) is 0 Å². The number of rotatable bonds is 4. The summed E-state index contributed by atoms with van der Waals surface area (Å²) in [6.45, 7) is 24.5. The first-order valence-electron chi connectivity index (χ1n) is 16.4. The molecular weight excluding hydrogens is 472 g/mol. The Labute approximate surface area is 243 Å². The van der Waals surface area contributed by atoms with Gasteiger partial charge in [-0.1, -0.05) is 124 Å². The third-order valence-electron chi connectivity index (χ3n) is 10.1. The standard InChI is InChI=1S/C24H38O.C12H18.C2H6/c1-5-17(2)21-14-15-22-20(10-8-16-24(21,22)4)13-12-19-9-6-7-11-23(25)18(19)3;1-5-10-7-6-8-11(9-10)12(2,3)4;1-2/h12-13,17,21-23,25H,3,5-11,14-16H2,1-2,4H3;6-9H,5H2,1-4H3;1-2H3/b19-12-,20-13+;;. The minimum Gasteiger partial charge on any atom is -0.388 e. The van der Waals surface area contributed by atoms with Crippen LogP contribution in [-0.4, -0.2) is 11.2 Å². The van der Waals surface area contributed by atoms with E-state index >= 15 is 0 Å². The van der Waals surface area contributed by atoms with Crippen molar-refractivity contribution in [1.82, 2.24) is 0 Å². The SMILES string of the molecule is C=C1/C(=C\C=C2/CCCC3(C)C2CCC3C(C)CC)CCCCC1O.CC.CCc1cccc(C(C)(C)C)c1. The summed E-state index contributed by atoms with van der Waals surface area (Å²) < 4.78 is 0. The predicted octanol–water partition coefficient (Wildman–Crippen LogP) is 11.2. The number of hydrogen-bond donors (Lipinski definition) is 1. The molecule has 1 nitrogen and oxygen atoms in total. The van der Waals surface area contributed by atoms with Crippen LogP contribution in [0.5, 0.6) is 0 Å². The van der Waals surface area contributed by atoms with Crippen molar-refractivity contribution in [3.63, 3.8) is 0 Å². The van der Waals surface area contributed by atoms with E-state index in [1.54, 1.807) is 5.57 Å². The van der Waals surface area contributed by atoms with Gasteiger partial charge in [0.05, 0.1) is 6.10 Å². The van der Waals surface area contributed by atoms with E-state index in [9.17, 15) is 5.11 Å². The largest absolute Gasteiger partial charge is 0.388 e. The number of aliphatic hydroxyl groups excluding tert-OH is 1. The third kappa shape index (κ3) is 8.69. The number of aliphatic hydroxyl groups is 1. The summed E-state index contributed by atoms with van der Waals surface area (Å²) in [6.07, 6.45) is 17.9. The van der Waals surface area contributed by atoms with Crippen LogP contribution in [0.4, 0.5) is 0 Å². The number of allylic oxidation sites excluding steroid dienone is 3. The maximum absolute atomic E-state index is 10.2.